The van der Waals surface area contributed by atoms with Crippen molar-refractivity contribution in [2.24, 2.45) is 4.99 Å². The van der Waals surface area contributed by atoms with Gasteiger partial charge in [0.1, 0.15) is 5.17 Å². The molecule has 122 valence electrons. The fourth-order valence-electron chi connectivity index (χ4n) is 2.78. The van der Waals surface area contributed by atoms with Gasteiger partial charge < -0.3 is 9.80 Å². The third kappa shape index (κ3) is 3.78. The van der Waals surface area contributed by atoms with Crippen molar-refractivity contribution in [3.8, 4) is 0 Å². The Morgan fingerprint density at radius 3 is 2.77 bits per heavy atom. The van der Waals surface area contributed by atoms with Crippen LogP contribution in [-0.2, 0) is 0 Å². The summed E-state index contributed by atoms with van der Waals surface area (Å²) < 4.78 is 0. The van der Waals surface area contributed by atoms with Gasteiger partial charge in [-0.15, -0.1) is 0 Å². The highest BCUT2D eigenvalue weighted by molar-refractivity contribution is 6.64. The van der Waals surface area contributed by atoms with E-state index in [0.29, 0.717) is 18.3 Å². The topological polar surface area (TPSA) is 65.2 Å². The average Bonchev–Trinajstić information content (AvgIpc) is 2.86. The van der Waals surface area contributed by atoms with Crippen LogP contribution in [0.3, 0.4) is 0 Å². The maximum atomic E-state index is 11.4. The highest BCUT2D eigenvalue weighted by atomic mass is 35.5. The lowest BCUT2D eigenvalue weighted by Crippen LogP contribution is -2.45. The molecule has 2 aliphatic rings. The van der Waals surface area contributed by atoms with Gasteiger partial charge in [0.05, 0.1) is 18.1 Å². The van der Waals surface area contributed by atoms with E-state index in [1.165, 1.54) is 0 Å². The van der Waals surface area contributed by atoms with Crippen LogP contribution in [0.5, 0.6) is 0 Å². The van der Waals surface area contributed by atoms with E-state index >= 15 is 0 Å². The number of hydrogen-bond acceptors (Lipinski definition) is 6. The van der Waals surface area contributed by atoms with E-state index in [9.17, 15) is 10.1 Å². The zero-order chi connectivity index (χ0) is 16.3. The maximum absolute atomic E-state index is 11.4. The summed E-state index contributed by atoms with van der Waals surface area (Å²) in [5.74, 6) is 0.758. The monoisotopic (exact) mass is 327 g/mol. The minimum atomic E-state index is -0.247. The fourth-order valence-corrected chi connectivity index (χ4v) is 2.82. The maximum Gasteiger partial charge on any atom is 0.300 e. The van der Waals surface area contributed by atoms with Gasteiger partial charge in [0.2, 0.25) is 0 Å². The van der Waals surface area contributed by atoms with Crippen molar-refractivity contribution in [1.29, 1.82) is 0 Å². The molecule has 7 nitrogen and oxygen atoms in total. The van der Waals surface area contributed by atoms with E-state index in [4.69, 9.17) is 11.6 Å². The van der Waals surface area contributed by atoms with Gasteiger partial charge in [0.15, 0.2) is 5.82 Å². The first-order chi connectivity index (χ1) is 10.4. The highest BCUT2D eigenvalue weighted by Gasteiger charge is 2.38. The second-order valence-electron chi connectivity index (χ2n) is 5.60. The van der Waals surface area contributed by atoms with Gasteiger partial charge in [-0.2, -0.15) is 0 Å². The summed E-state index contributed by atoms with van der Waals surface area (Å²) in [5.41, 5.74) is 1.31. The van der Waals surface area contributed by atoms with Gasteiger partial charge in [-0.3, -0.25) is 15.0 Å². The summed E-state index contributed by atoms with van der Waals surface area (Å²) in [6, 6.07) is 0. The summed E-state index contributed by atoms with van der Waals surface area (Å²) in [6.07, 6.45) is 1.72. The molecule has 0 unspecified atom stereocenters. The predicted octanol–water partition coefficient (Wildman–Crippen LogP) is 1.90. The molecule has 0 amide bonds. The summed E-state index contributed by atoms with van der Waals surface area (Å²) in [4.78, 5) is 21.5. The van der Waals surface area contributed by atoms with Crippen LogP contribution in [0.4, 0.5) is 0 Å². The van der Waals surface area contributed by atoms with E-state index in [0.717, 1.165) is 37.7 Å². The molecule has 0 radical (unpaired) electrons. The normalized spacial score (nSPS) is 20.7. The van der Waals surface area contributed by atoms with Crippen molar-refractivity contribution >= 4 is 16.8 Å². The standard InChI is InChI=1S/C14H22ClN5O2/c1-4-17-9-13(20(21)22)14-18(5-6-19(14)10-17)8-11(2)7-16-12(3)15/h7H,4-6,8-10H2,1-3H3/b11-7+,16-12?. The van der Waals surface area contributed by atoms with Crippen LogP contribution in [0.1, 0.15) is 20.8 Å². The van der Waals surface area contributed by atoms with Gasteiger partial charge in [0.25, 0.3) is 5.70 Å². The Labute approximate surface area is 135 Å². The molecule has 0 bridgehead atoms. The summed E-state index contributed by atoms with van der Waals surface area (Å²) in [5, 5.41) is 11.9. The van der Waals surface area contributed by atoms with Crippen molar-refractivity contribution in [2.75, 3.05) is 39.4 Å². The number of halogens is 1. The van der Waals surface area contributed by atoms with E-state index in [2.05, 4.69) is 19.7 Å². The molecule has 0 aromatic heterocycles. The second kappa shape index (κ2) is 7.11. The lowest BCUT2D eigenvalue weighted by Gasteiger charge is -2.34. The van der Waals surface area contributed by atoms with Crippen LogP contribution in [0.25, 0.3) is 0 Å². The third-order valence-electron chi connectivity index (χ3n) is 3.81. The molecule has 1 fully saturated rings. The summed E-state index contributed by atoms with van der Waals surface area (Å²) >= 11 is 5.73. The van der Waals surface area contributed by atoms with E-state index in [1.807, 2.05) is 13.8 Å². The van der Waals surface area contributed by atoms with E-state index in [-0.39, 0.29) is 10.6 Å². The number of nitrogens with zero attached hydrogens (tertiary/aromatic N) is 5. The molecule has 0 aromatic carbocycles. The van der Waals surface area contributed by atoms with Crippen molar-refractivity contribution < 1.29 is 4.92 Å². The molecule has 0 aliphatic carbocycles. The van der Waals surface area contributed by atoms with Crippen molar-refractivity contribution in [3.63, 3.8) is 0 Å². The SMILES string of the molecule is CCN1CC([N+](=O)[O-])=C2N(C/C(C)=C/N=C(C)Cl)CCN2C1. The first-order valence-electron chi connectivity index (χ1n) is 7.37. The molecular weight excluding hydrogens is 306 g/mol. The number of rotatable bonds is 5. The molecule has 22 heavy (non-hydrogen) atoms. The Bertz CT molecular complexity index is 539. The minimum absolute atomic E-state index is 0.247. The second-order valence-corrected chi connectivity index (χ2v) is 6.15. The Hall–Kier alpha value is -1.60. The molecule has 2 heterocycles. The Kier molecular flexibility index (Phi) is 5.42. The zero-order valence-corrected chi connectivity index (χ0v) is 14.0. The largest absolute Gasteiger partial charge is 0.347 e. The first-order valence-corrected chi connectivity index (χ1v) is 7.75. The molecule has 0 aromatic rings. The first kappa shape index (κ1) is 16.8. The van der Waals surface area contributed by atoms with Gasteiger partial charge in [-0.1, -0.05) is 18.5 Å². The lowest BCUT2D eigenvalue weighted by atomic mass is 10.2. The molecule has 2 aliphatic heterocycles. The number of fused-ring (bicyclic) bond motifs is 1. The van der Waals surface area contributed by atoms with Crippen molar-refractivity contribution in [3.05, 3.63) is 33.4 Å². The molecule has 0 spiro atoms. The Balaban J connectivity index is 2.22. The molecule has 1 saturated heterocycles. The van der Waals surface area contributed by atoms with Gasteiger partial charge in [-0.25, -0.2) is 4.99 Å². The minimum Gasteiger partial charge on any atom is -0.347 e. The third-order valence-corrected chi connectivity index (χ3v) is 3.91. The van der Waals surface area contributed by atoms with Crippen LogP contribution in [0.2, 0.25) is 0 Å². The van der Waals surface area contributed by atoms with Crippen LogP contribution >= 0.6 is 11.6 Å². The van der Waals surface area contributed by atoms with Crippen LogP contribution in [-0.4, -0.2) is 64.2 Å². The molecule has 0 N–H and O–H groups in total. The number of aliphatic imine (C=N–C) groups is 1. The fraction of sp³-hybridized carbons (Fsp3) is 0.643. The summed E-state index contributed by atoms with van der Waals surface area (Å²) in [6.45, 7) is 9.89. The molecule has 0 atom stereocenters. The van der Waals surface area contributed by atoms with Crippen molar-refractivity contribution in [2.45, 2.75) is 20.8 Å². The quantitative estimate of drug-likeness (QED) is 0.438. The molecular formula is C14H22ClN5O2. The molecule has 8 heteroatoms. The molecule has 2 rings (SSSR count). The lowest BCUT2D eigenvalue weighted by molar-refractivity contribution is -0.433. The van der Waals surface area contributed by atoms with Crippen LogP contribution in [0, 0.1) is 10.1 Å². The number of likely N-dealkylation sites (N-methyl/N-ethyl adjacent to an activating group) is 1. The van der Waals surface area contributed by atoms with E-state index < -0.39 is 0 Å². The zero-order valence-electron chi connectivity index (χ0n) is 13.3. The predicted molar refractivity (Wildman–Crippen MR) is 87.1 cm³/mol. The smallest absolute Gasteiger partial charge is 0.300 e. The number of hydrogen-bond donors (Lipinski definition) is 0. The highest BCUT2D eigenvalue weighted by Crippen LogP contribution is 2.27. The van der Waals surface area contributed by atoms with Gasteiger partial charge >= 0.3 is 0 Å². The van der Waals surface area contributed by atoms with Crippen molar-refractivity contribution in [1.82, 2.24) is 14.7 Å². The summed E-state index contributed by atoms with van der Waals surface area (Å²) in [7, 11) is 0. The Morgan fingerprint density at radius 1 is 1.45 bits per heavy atom. The van der Waals surface area contributed by atoms with E-state index in [1.54, 1.807) is 13.1 Å². The van der Waals surface area contributed by atoms with Gasteiger partial charge in [-0.05, 0) is 26.0 Å². The average molecular weight is 328 g/mol. The van der Waals surface area contributed by atoms with Gasteiger partial charge in [0, 0.05) is 25.8 Å². The van der Waals surface area contributed by atoms with Crippen LogP contribution in [0.15, 0.2) is 28.3 Å². The van der Waals surface area contributed by atoms with Crippen LogP contribution < -0.4 is 0 Å². The number of nitro groups is 1. The Morgan fingerprint density at radius 2 is 2.18 bits per heavy atom. The molecule has 0 saturated carbocycles.